The van der Waals surface area contributed by atoms with E-state index in [0.717, 1.165) is 16.3 Å². The number of benzene rings is 2. The second kappa shape index (κ2) is 7.87. The number of carbonyl (C=O) groups is 1. The number of hydrazone groups is 1. The standard InChI is InChI=1S/C16H15ClN2O2S/c1-11(20)16(22-15-8-6-12(17)7-9-15)19-18-13-4-3-5-14(10-13)21-2/h3-10,18H,1-2H3. The Morgan fingerprint density at radius 1 is 1.23 bits per heavy atom. The number of halogens is 1. The molecule has 114 valence electrons. The van der Waals surface area contributed by atoms with E-state index in [4.69, 9.17) is 16.3 Å². The molecule has 0 bridgehead atoms. The van der Waals surface area contributed by atoms with Crippen molar-refractivity contribution >= 4 is 39.9 Å². The monoisotopic (exact) mass is 334 g/mol. The molecule has 0 unspecified atom stereocenters. The van der Waals surface area contributed by atoms with Gasteiger partial charge in [0.1, 0.15) is 5.75 Å². The SMILES string of the molecule is COc1cccc(NN=C(Sc2ccc(Cl)cc2)C(C)=O)c1. The van der Waals surface area contributed by atoms with Gasteiger partial charge in [0.25, 0.3) is 0 Å². The van der Waals surface area contributed by atoms with E-state index in [1.54, 1.807) is 25.3 Å². The van der Waals surface area contributed by atoms with Gasteiger partial charge in [0, 0.05) is 22.9 Å². The molecule has 22 heavy (non-hydrogen) atoms. The second-order valence-corrected chi connectivity index (χ2v) is 5.87. The molecule has 0 aliphatic rings. The van der Waals surface area contributed by atoms with Crippen molar-refractivity contribution in [2.45, 2.75) is 11.8 Å². The van der Waals surface area contributed by atoms with Crippen LogP contribution in [-0.2, 0) is 4.79 Å². The van der Waals surface area contributed by atoms with E-state index in [2.05, 4.69) is 10.5 Å². The van der Waals surface area contributed by atoms with Crippen LogP contribution >= 0.6 is 23.4 Å². The number of hydrogen-bond donors (Lipinski definition) is 1. The summed E-state index contributed by atoms with van der Waals surface area (Å²) in [7, 11) is 1.60. The Kier molecular flexibility index (Phi) is 5.86. The molecule has 2 aromatic carbocycles. The molecule has 0 fully saturated rings. The Labute approximate surface area is 138 Å². The number of ether oxygens (including phenoxy) is 1. The topological polar surface area (TPSA) is 50.7 Å². The number of nitrogens with one attached hydrogen (secondary N) is 1. The molecule has 2 aromatic rings. The van der Waals surface area contributed by atoms with Gasteiger partial charge in [0.15, 0.2) is 10.8 Å². The number of Topliss-reactive ketones (excluding diaryl/α,β-unsaturated/α-hetero) is 1. The summed E-state index contributed by atoms with van der Waals surface area (Å²) in [5.74, 6) is 0.602. The minimum Gasteiger partial charge on any atom is -0.497 e. The average molecular weight is 335 g/mol. The highest BCUT2D eigenvalue weighted by atomic mass is 35.5. The first-order chi connectivity index (χ1) is 10.6. The van der Waals surface area contributed by atoms with Crippen LogP contribution in [0.2, 0.25) is 5.02 Å². The molecule has 0 aliphatic heterocycles. The lowest BCUT2D eigenvalue weighted by molar-refractivity contribution is -0.110. The molecule has 0 aliphatic carbocycles. The zero-order valence-electron chi connectivity index (χ0n) is 12.2. The first kappa shape index (κ1) is 16.4. The van der Waals surface area contributed by atoms with E-state index in [0.29, 0.717) is 10.1 Å². The molecule has 1 N–H and O–H groups in total. The van der Waals surface area contributed by atoms with E-state index in [9.17, 15) is 4.79 Å². The maximum Gasteiger partial charge on any atom is 0.186 e. The van der Waals surface area contributed by atoms with Crippen LogP contribution in [0.15, 0.2) is 58.5 Å². The van der Waals surface area contributed by atoms with Crippen LogP contribution in [0, 0.1) is 0 Å². The minimum absolute atomic E-state index is 0.115. The van der Waals surface area contributed by atoms with Crippen LogP contribution in [0.4, 0.5) is 5.69 Å². The Bertz CT molecular complexity index is 687. The summed E-state index contributed by atoms with van der Waals surface area (Å²) in [6.07, 6.45) is 0. The zero-order chi connectivity index (χ0) is 15.9. The van der Waals surface area contributed by atoms with Gasteiger partial charge in [-0.25, -0.2) is 0 Å². The van der Waals surface area contributed by atoms with Crippen LogP contribution in [0.5, 0.6) is 5.75 Å². The third-order valence-corrected chi connectivity index (χ3v) is 4.02. The first-order valence-electron chi connectivity index (χ1n) is 6.50. The number of thioether (sulfide) groups is 1. The maximum atomic E-state index is 11.7. The van der Waals surface area contributed by atoms with E-state index in [1.165, 1.54) is 18.7 Å². The number of methoxy groups -OCH3 is 1. The summed E-state index contributed by atoms with van der Waals surface area (Å²) in [6, 6.07) is 14.6. The number of anilines is 1. The third-order valence-electron chi connectivity index (χ3n) is 2.69. The van der Waals surface area contributed by atoms with Gasteiger partial charge in [-0.15, -0.1) is 0 Å². The van der Waals surface area contributed by atoms with Gasteiger partial charge in [-0.05, 0) is 36.4 Å². The van der Waals surface area contributed by atoms with E-state index < -0.39 is 0 Å². The fraction of sp³-hybridized carbons (Fsp3) is 0.125. The van der Waals surface area contributed by atoms with Gasteiger partial charge in [-0.3, -0.25) is 10.2 Å². The summed E-state index contributed by atoms with van der Waals surface area (Å²) < 4.78 is 5.14. The van der Waals surface area contributed by atoms with Crippen molar-refractivity contribution in [2.75, 3.05) is 12.5 Å². The fourth-order valence-electron chi connectivity index (χ4n) is 1.60. The summed E-state index contributed by atoms with van der Waals surface area (Å²) >= 11 is 7.13. The molecule has 0 atom stereocenters. The summed E-state index contributed by atoms with van der Waals surface area (Å²) in [6.45, 7) is 1.48. The molecule has 0 heterocycles. The highest BCUT2D eigenvalue weighted by Crippen LogP contribution is 2.23. The average Bonchev–Trinajstić information content (AvgIpc) is 2.53. The normalized spacial score (nSPS) is 11.1. The maximum absolute atomic E-state index is 11.7. The van der Waals surface area contributed by atoms with E-state index in [1.807, 2.05) is 30.3 Å². The summed E-state index contributed by atoms with van der Waals surface area (Å²) in [5, 5.41) is 5.20. The van der Waals surface area contributed by atoms with Crippen molar-refractivity contribution < 1.29 is 9.53 Å². The van der Waals surface area contributed by atoms with Gasteiger partial charge in [0.2, 0.25) is 0 Å². The molecule has 0 saturated carbocycles. The van der Waals surface area contributed by atoms with Crippen molar-refractivity contribution in [1.29, 1.82) is 0 Å². The predicted octanol–water partition coefficient (Wildman–Crippen LogP) is 4.46. The van der Waals surface area contributed by atoms with E-state index in [-0.39, 0.29) is 5.78 Å². The van der Waals surface area contributed by atoms with Crippen molar-refractivity contribution in [1.82, 2.24) is 0 Å². The molecule has 2 rings (SSSR count). The Hall–Kier alpha value is -1.98. The highest BCUT2D eigenvalue weighted by Gasteiger charge is 2.09. The fourth-order valence-corrected chi connectivity index (χ4v) is 2.45. The molecule has 0 aromatic heterocycles. The minimum atomic E-state index is -0.115. The van der Waals surface area contributed by atoms with Gasteiger partial charge >= 0.3 is 0 Å². The largest absolute Gasteiger partial charge is 0.497 e. The summed E-state index contributed by atoms with van der Waals surface area (Å²) in [5.41, 5.74) is 3.62. The lowest BCUT2D eigenvalue weighted by Gasteiger charge is -2.06. The lowest BCUT2D eigenvalue weighted by atomic mass is 10.3. The van der Waals surface area contributed by atoms with Crippen molar-refractivity contribution in [3.63, 3.8) is 0 Å². The van der Waals surface area contributed by atoms with Gasteiger partial charge in [-0.1, -0.05) is 29.4 Å². The van der Waals surface area contributed by atoms with Crippen molar-refractivity contribution in [2.24, 2.45) is 5.10 Å². The van der Waals surface area contributed by atoms with Gasteiger partial charge < -0.3 is 4.74 Å². The highest BCUT2D eigenvalue weighted by molar-refractivity contribution is 8.15. The molecular weight excluding hydrogens is 320 g/mol. The molecule has 0 amide bonds. The molecule has 0 spiro atoms. The molecule has 6 heteroatoms. The molecular formula is C16H15ClN2O2S. The second-order valence-electron chi connectivity index (χ2n) is 4.37. The number of carbonyl (C=O) groups excluding carboxylic acids is 1. The van der Waals surface area contributed by atoms with Crippen LogP contribution in [0.3, 0.4) is 0 Å². The van der Waals surface area contributed by atoms with Crippen molar-refractivity contribution in [3.05, 3.63) is 53.6 Å². The molecule has 0 saturated heterocycles. The smallest absolute Gasteiger partial charge is 0.186 e. The first-order valence-corrected chi connectivity index (χ1v) is 7.70. The number of rotatable bonds is 5. The number of ketones is 1. The molecule has 0 radical (unpaired) electrons. The van der Waals surface area contributed by atoms with Crippen LogP contribution in [-0.4, -0.2) is 17.9 Å². The lowest BCUT2D eigenvalue weighted by Crippen LogP contribution is -2.08. The zero-order valence-corrected chi connectivity index (χ0v) is 13.7. The predicted molar refractivity (Wildman–Crippen MR) is 92.0 cm³/mol. The summed E-state index contributed by atoms with van der Waals surface area (Å²) in [4.78, 5) is 12.6. The quantitative estimate of drug-likeness (QED) is 0.380. The van der Waals surface area contributed by atoms with Crippen LogP contribution < -0.4 is 10.2 Å². The van der Waals surface area contributed by atoms with E-state index >= 15 is 0 Å². The third kappa shape index (κ3) is 4.79. The number of hydrogen-bond acceptors (Lipinski definition) is 5. The van der Waals surface area contributed by atoms with Crippen molar-refractivity contribution in [3.8, 4) is 5.75 Å². The Balaban J connectivity index is 2.13. The molecule has 4 nitrogen and oxygen atoms in total. The van der Waals surface area contributed by atoms with Crippen LogP contribution in [0.1, 0.15) is 6.92 Å². The van der Waals surface area contributed by atoms with Gasteiger partial charge in [-0.2, -0.15) is 5.10 Å². The Morgan fingerprint density at radius 2 is 1.95 bits per heavy atom. The Morgan fingerprint density at radius 3 is 2.59 bits per heavy atom. The van der Waals surface area contributed by atoms with Gasteiger partial charge in [0.05, 0.1) is 12.8 Å². The number of nitrogens with zero attached hydrogens (tertiary/aromatic N) is 1. The van der Waals surface area contributed by atoms with Crippen LogP contribution in [0.25, 0.3) is 0 Å².